The Morgan fingerprint density at radius 2 is 2.38 bits per heavy atom. The normalized spacial score (nSPS) is 19.7. The molecule has 0 saturated carbocycles. The van der Waals surface area contributed by atoms with E-state index in [2.05, 4.69) is 30.4 Å². The van der Waals surface area contributed by atoms with Gasteiger partial charge < -0.3 is 11.1 Å². The summed E-state index contributed by atoms with van der Waals surface area (Å²) in [5, 5.41) is 3.41. The van der Waals surface area contributed by atoms with Crippen molar-refractivity contribution in [3.8, 4) is 0 Å². The zero-order valence-corrected chi connectivity index (χ0v) is 8.01. The molecule has 0 radical (unpaired) electrons. The van der Waals surface area contributed by atoms with Gasteiger partial charge in [-0.1, -0.05) is 19.1 Å². The van der Waals surface area contributed by atoms with E-state index in [1.165, 1.54) is 16.8 Å². The molecule has 1 aromatic carbocycles. The Bertz CT molecular complexity index is 307. The summed E-state index contributed by atoms with van der Waals surface area (Å²) >= 11 is 0. The predicted molar refractivity (Wildman–Crippen MR) is 56.1 cm³/mol. The van der Waals surface area contributed by atoms with Gasteiger partial charge in [-0.15, -0.1) is 0 Å². The van der Waals surface area contributed by atoms with Gasteiger partial charge in [-0.05, 0) is 30.2 Å². The minimum Gasteiger partial charge on any atom is -0.384 e. The van der Waals surface area contributed by atoms with Crippen LogP contribution in [0.15, 0.2) is 18.2 Å². The molecule has 13 heavy (non-hydrogen) atoms. The number of nitrogens with one attached hydrogen (secondary N) is 1. The monoisotopic (exact) mass is 176 g/mol. The van der Waals surface area contributed by atoms with Crippen molar-refractivity contribution < 1.29 is 0 Å². The molecule has 1 aromatic rings. The molecule has 0 fully saturated rings. The van der Waals surface area contributed by atoms with Crippen LogP contribution in [0.25, 0.3) is 0 Å². The van der Waals surface area contributed by atoms with Crippen molar-refractivity contribution in [1.82, 2.24) is 0 Å². The third kappa shape index (κ3) is 1.54. The molecule has 70 valence electrons. The van der Waals surface area contributed by atoms with Crippen LogP contribution in [0.5, 0.6) is 0 Å². The quantitative estimate of drug-likeness (QED) is 0.720. The zero-order valence-electron chi connectivity index (χ0n) is 8.01. The van der Waals surface area contributed by atoms with Gasteiger partial charge in [0.2, 0.25) is 0 Å². The van der Waals surface area contributed by atoms with E-state index < -0.39 is 0 Å². The number of anilines is 1. The average Bonchev–Trinajstić information content (AvgIpc) is 2.48. The van der Waals surface area contributed by atoms with Crippen LogP contribution in [0.1, 0.15) is 24.0 Å². The highest BCUT2D eigenvalue weighted by Gasteiger charge is 2.17. The summed E-state index contributed by atoms with van der Waals surface area (Å²) < 4.78 is 0. The Morgan fingerprint density at radius 3 is 3.15 bits per heavy atom. The van der Waals surface area contributed by atoms with Gasteiger partial charge in [0.25, 0.3) is 0 Å². The SMILES string of the molecule is CC1CNc2cc(CCN)ccc21. The Labute approximate surface area is 79.1 Å². The molecular weight excluding hydrogens is 160 g/mol. The van der Waals surface area contributed by atoms with Crippen LogP contribution in [0.2, 0.25) is 0 Å². The van der Waals surface area contributed by atoms with Crippen molar-refractivity contribution >= 4 is 5.69 Å². The lowest BCUT2D eigenvalue weighted by atomic mass is 10.0. The number of nitrogens with two attached hydrogens (primary N) is 1. The van der Waals surface area contributed by atoms with Gasteiger partial charge in [0, 0.05) is 18.2 Å². The second-order valence-electron chi connectivity index (χ2n) is 3.74. The van der Waals surface area contributed by atoms with Crippen molar-refractivity contribution in [2.75, 3.05) is 18.4 Å². The van der Waals surface area contributed by atoms with E-state index in [0.717, 1.165) is 19.5 Å². The summed E-state index contributed by atoms with van der Waals surface area (Å²) in [5.41, 5.74) is 9.60. The minimum absolute atomic E-state index is 0.655. The third-order valence-electron chi connectivity index (χ3n) is 2.68. The first-order chi connectivity index (χ1) is 6.31. The molecule has 0 bridgehead atoms. The molecule has 2 heteroatoms. The Kier molecular flexibility index (Phi) is 2.23. The van der Waals surface area contributed by atoms with E-state index in [0.29, 0.717) is 5.92 Å². The van der Waals surface area contributed by atoms with Crippen molar-refractivity contribution in [3.05, 3.63) is 29.3 Å². The van der Waals surface area contributed by atoms with Gasteiger partial charge in [0.05, 0.1) is 0 Å². The largest absolute Gasteiger partial charge is 0.384 e. The van der Waals surface area contributed by atoms with E-state index in [1.807, 2.05) is 0 Å². The van der Waals surface area contributed by atoms with Crippen LogP contribution < -0.4 is 11.1 Å². The molecule has 0 spiro atoms. The van der Waals surface area contributed by atoms with Crippen LogP contribution in [0.3, 0.4) is 0 Å². The molecule has 1 atom stereocenters. The lowest BCUT2D eigenvalue weighted by molar-refractivity contribution is 0.853. The van der Waals surface area contributed by atoms with Gasteiger partial charge in [-0.3, -0.25) is 0 Å². The molecule has 3 N–H and O–H groups in total. The molecule has 0 aromatic heterocycles. The van der Waals surface area contributed by atoms with Gasteiger partial charge in [-0.2, -0.15) is 0 Å². The van der Waals surface area contributed by atoms with Crippen LogP contribution in [-0.2, 0) is 6.42 Å². The van der Waals surface area contributed by atoms with Crippen molar-refractivity contribution in [2.24, 2.45) is 5.73 Å². The fraction of sp³-hybridized carbons (Fsp3) is 0.455. The van der Waals surface area contributed by atoms with E-state index >= 15 is 0 Å². The smallest absolute Gasteiger partial charge is 0.0379 e. The second kappa shape index (κ2) is 3.38. The molecule has 0 aliphatic carbocycles. The van der Waals surface area contributed by atoms with Crippen LogP contribution >= 0.6 is 0 Å². The highest BCUT2D eigenvalue weighted by Crippen LogP contribution is 2.31. The number of fused-ring (bicyclic) bond motifs is 1. The average molecular weight is 176 g/mol. The molecule has 0 saturated heterocycles. The maximum Gasteiger partial charge on any atom is 0.0379 e. The van der Waals surface area contributed by atoms with Crippen molar-refractivity contribution in [2.45, 2.75) is 19.3 Å². The van der Waals surface area contributed by atoms with Crippen LogP contribution in [0, 0.1) is 0 Å². The fourth-order valence-corrected chi connectivity index (χ4v) is 1.88. The molecule has 1 aliphatic rings. The number of rotatable bonds is 2. The number of hydrogen-bond acceptors (Lipinski definition) is 2. The summed E-state index contributed by atoms with van der Waals surface area (Å²) in [6.07, 6.45) is 0.976. The molecule has 2 nitrogen and oxygen atoms in total. The van der Waals surface area contributed by atoms with Gasteiger partial charge in [0.15, 0.2) is 0 Å². The first kappa shape index (κ1) is 8.57. The number of benzene rings is 1. The summed E-state index contributed by atoms with van der Waals surface area (Å²) in [5.74, 6) is 0.655. The zero-order chi connectivity index (χ0) is 9.26. The lowest BCUT2D eigenvalue weighted by Gasteiger charge is -2.04. The van der Waals surface area contributed by atoms with E-state index in [4.69, 9.17) is 5.73 Å². The van der Waals surface area contributed by atoms with Crippen LogP contribution in [-0.4, -0.2) is 13.1 Å². The molecule has 1 heterocycles. The van der Waals surface area contributed by atoms with Crippen molar-refractivity contribution in [1.29, 1.82) is 0 Å². The van der Waals surface area contributed by atoms with E-state index in [9.17, 15) is 0 Å². The van der Waals surface area contributed by atoms with Crippen LogP contribution in [0.4, 0.5) is 5.69 Å². The molecule has 0 amide bonds. The third-order valence-corrected chi connectivity index (χ3v) is 2.68. The topological polar surface area (TPSA) is 38.0 Å². The number of hydrogen-bond donors (Lipinski definition) is 2. The Hall–Kier alpha value is -1.02. The van der Waals surface area contributed by atoms with Crippen molar-refractivity contribution in [3.63, 3.8) is 0 Å². The minimum atomic E-state index is 0.655. The molecule has 1 unspecified atom stereocenters. The maximum atomic E-state index is 5.51. The second-order valence-corrected chi connectivity index (χ2v) is 3.74. The lowest BCUT2D eigenvalue weighted by Crippen LogP contribution is -2.02. The van der Waals surface area contributed by atoms with Gasteiger partial charge in [-0.25, -0.2) is 0 Å². The van der Waals surface area contributed by atoms with E-state index in [-0.39, 0.29) is 0 Å². The predicted octanol–water partition coefficient (Wildman–Crippen LogP) is 1.72. The molecule has 2 rings (SSSR count). The highest BCUT2D eigenvalue weighted by atomic mass is 14.9. The summed E-state index contributed by atoms with van der Waals surface area (Å²) in [6, 6.07) is 6.64. The molecular formula is C11H16N2. The summed E-state index contributed by atoms with van der Waals surface area (Å²) in [7, 11) is 0. The standard InChI is InChI=1S/C11H16N2/c1-8-7-13-11-6-9(4-5-12)2-3-10(8)11/h2-3,6,8,13H,4-5,7,12H2,1H3. The van der Waals surface area contributed by atoms with Gasteiger partial charge in [0.1, 0.15) is 0 Å². The first-order valence-corrected chi connectivity index (χ1v) is 4.88. The Morgan fingerprint density at radius 1 is 1.54 bits per heavy atom. The first-order valence-electron chi connectivity index (χ1n) is 4.88. The highest BCUT2D eigenvalue weighted by molar-refractivity contribution is 5.59. The summed E-state index contributed by atoms with van der Waals surface area (Å²) in [6.45, 7) is 4.05. The Balaban J connectivity index is 2.29. The molecule has 1 aliphatic heterocycles. The maximum absolute atomic E-state index is 5.51. The van der Waals surface area contributed by atoms with E-state index in [1.54, 1.807) is 0 Å². The van der Waals surface area contributed by atoms with Gasteiger partial charge >= 0.3 is 0 Å². The fourth-order valence-electron chi connectivity index (χ4n) is 1.88. The summed E-state index contributed by atoms with van der Waals surface area (Å²) in [4.78, 5) is 0.